The quantitative estimate of drug-likeness (QED) is 0.129. The zero-order valence-electron chi connectivity index (χ0n) is 18.6. The predicted octanol–water partition coefficient (Wildman–Crippen LogP) is 9.41. The summed E-state index contributed by atoms with van der Waals surface area (Å²) >= 11 is -2.26. The number of hydrogen-bond acceptors (Lipinski definition) is 0. The Hall–Kier alpha value is 0.469. The molecule has 2 heteroatoms. The van der Waals surface area contributed by atoms with Crippen molar-refractivity contribution in [2.75, 3.05) is 0 Å². The molecule has 0 saturated heterocycles. The number of unbranched alkanes of at least 4 members (excludes halogenated alkanes) is 9. The summed E-state index contributed by atoms with van der Waals surface area (Å²) in [6, 6.07) is 0. The van der Waals surface area contributed by atoms with E-state index in [1.807, 2.05) is 6.08 Å². The molecule has 0 saturated carbocycles. The van der Waals surface area contributed by atoms with Crippen molar-refractivity contribution >= 4 is 18.4 Å². The van der Waals surface area contributed by atoms with Crippen molar-refractivity contribution in [3.8, 4) is 0 Å². The Morgan fingerprint density at radius 1 is 0.615 bits per heavy atom. The molecule has 0 fully saturated rings. The van der Waals surface area contributed by atoms with Crippen LogP contribution in [0.1, 0.15) is 118 Å². The second-order valence-electron chi connectivity index (χ2n) is 8.46. The van der Waals surface area contributed by atoms with Crippen molar-refractivity contribution in [2.24, 2.45) is 0 Å². The van der Waals surface area contributed by atoms with Gasteiger partial charge in [0, 0.05) is 0 Å². The number of halogens is 1. The van der Waals surface area contributed by atoms with Crippen LogP contribution in [0.2, 0.25) is 13.3 Å². The summed E-state index contributed by atoms with van der Waals surface area (Å²) in [6.45, 7) is 9.17. The van der Waals surface area contributed by atoms with Crippen molar-refractivity contribution in [3.05, 3.63) is 10.2 Å². The van der Waals surface area contributed by atoms with Gasteiger partial charge >= 0.3 is 170 Å². The Kier molecular flexibility index (Phi) is 19.2. The fourth-order valence-corrected chi connectivity index (χ4v) is 18.3. The van der Waals surface area contributed by atoms with Crippen LogP contribution in [0, 0.1) is 0 Å². The van der Waals surface area contributed by atoms with E-state index in [4.69, 9.17) is 0 Å². The fourth-order valence-electron chi connectivity index (χ4n) is 3.91. The number of hydrogen-bond donors (Lipinski definition) is 0. The van der Waals surface area contributed by atoms with Gasteiger partial charge in [-0.1, -0.05) is 0 Å². The summed E-state index contributed by atoms with van der Waals surface area (Å²) in [5, 5.41) is 0. The molecule has 0 aliphatic rings. The normalized spacial score (nSPS) is 13.6. The minimum atomic E-state index is -2.26. The molecule has 0 aromatic carbocycles. The molecule has 0 nitrogen and oxygen atoms in total. The molecule has 0 aromatic heterocycles. The van der Waals surface area contributed by atoms with E-state index < -0.39 is 24.5 Å². The summed E-state index contributed by atoms with van der Waals surface area (Å²) < 4.78 is 21.3. The first-order valence-corrected chi connectivity index (χ1v) is 19.7. The Bertz CT molecular complexity index is 292. The van der Waals surface area contributed by atoms with E-state index in [9.17, 15) is 4.39 Å². The zero-order chi connectivity index (χ0) is 19.5. The summed E-state index contributed by atoms with van der Waals surface area (Å²) in [4.78, 5) is 0. The Labute approximate surface area is 169 Å². The van der Waals surface area contributed by atoms with Crippen LogP contribution in [0.25, 0.3) is 0 Å². The van der Waals surface area contributed by atoms with Crippen LogP contribution in [0.5, 0.6) is 0 Å². The van der Waals surface area contributed by atoms with E-state index in [2.05, 4.69) is 31.8 Å². The van der Waals surface area contributed by atoms with Crippen LogP contribution in [0.4, 0.5) is 4.39 Å². The summed E-state index contributed by atoms with van der Waals surface area (Å²) in [5.74, 6) is 0. The van der Waals surface area contributed by atoms with Crippen molar-refractivity contribution in [2.45, 2.75) is 137 Å². The first-order valence-electron chi connectivity index (χ1n) is 12.0. The van der Waals surface area contributed by atoms with Crippen LogP contribution in [0.15, 0.2) is 10.2 Å². The third-order valence-corrected chi connectivity index (χ3v) is 19.9. The second kappa shape index (κ2) is 18.8. The van der Waals surface area contributed by atoms with E-state index in [-0.39, 0.29) is 0 Å². The third-order valence-electron chi connectivity index (χ3n) is 5.83. The fraction of sp³-hybridized carbons (Fsp3) is 0.917. The van der Waals surface area contributed by atoms with Gasteiger partial charge in [-0.2, -0.15) is 0 Å². The molecule has 0 bridgehead atoms. The molecule has 0 rings (SSSR count). The van der Waals surface area contributed by atoms with Gasteiger partial charge in [-0.3, -0.25) is 0 Å². The van der Waals surface area contributed by atoms with Gasteiger partial charge in [0.2, 0.25) is 0 Å². The van der Waals surface area contributed by atoms with Crippen LogP contribution in [-0.2, 0) is 0 Å². The van der Waals surface area contributed by atoms with Crippen molar-refractivity contribution in [3.63, 3.8) is 0 Å². The molecule has 0 aliphatic carbocycles. The van der Waals surface area contributed by atoms with Crippen LogP contribution < -0.4 is 0 Å². The van der Waals surface area contributed by atoms with Crippen LogP contribution in [-0.4, -0.2) is 24.5 Å². The van der Waals surface area contributed by atoms with Gasteiger partial charge in [-0.15, -0.1) is 0 Å². The second-order valence-corrected chi connectivity index (χ2v) is 21.5. The zero-order valence-corrected chi connectivity index (χ0v) is 21.5. The molecular formula is C24H49FSn. The Morgan fingerprint density at radius 2 is 1.04 bits per heavy atom. The molecular weight excluding hydrogens is 426 g/mol. The molecule has 0 radical (unpaired) electrons. The summed E-state index contributed by atoms with van der Waals surface area (Å²) in [7, 11) is 0. The molecule has 0 aromatic rings. The van der Waals surface area contributed by atoms with E-state index in [0.29, 0.717) is 0 Å². The Morgan fingerprint density at radius 3 is 1.50 bits per heavy atom. The van der Waals surface area contributed by atoms with Crippen molar-refractivity contribution < 1.29 is 4.39 Å². The van der Waals surface area contributed by atoms with Crippen LogP contribution >= 0.6 is 0 Å². The standard InChI is InChI=1S/C12H22F.3C4H9.Sn/c1-3-5-6-7-8-9-10-11-12(13)4-2;3*1-3-4-2;/h2,4,12H,3,5-11H2,1H3;3*1,3-4H2,2H3;. The molecule has 0 amide bonds. The van der Waals surface area contributed by atoms with Gasteiger partial charge < -0.3 is 0 Å². The summed E-state index contributed by atoms with van der Waals surface area (Å²) in [6.07, 6.45) is 19.0. The average Bonchev–Trinajstić information content (AvgIpc) is 2.66. The van der Waals surface area contributed by atoms with Gasteiger partial charge in [0.1, 0.15) is 0 Å². The van der Waals surface area contributed by atoms with Gasteiger partial charge in [-0.25, -0.2) is 0 Å². The van der Waals surface area contributed by atoms with Crippen molar-refractivity contribution in [1.29, 1.82) is 0 Å². The third kappa shape index (κ3) is 14.5. The van der Waals surface area contributed by atoms with E-state index in [1.165, 1.54) is 90.4 Å². The number of allylic oxidation sites excluding steroid dienone is 1. The maximum absolute atomic E-state index is 14.5. The molecule has 0 aliphatic heterocycles. The molecule has 1 atom stereocenters. The molecule has 156 valence electrons. The van der Waals surface area contributed by atoms with Gasteiger partial charge in [0.05, 0.1) is 0 Å². The van der Waals surface area contributed by atoms with Crippen LogP contribution in [0.3, 0.4) is 0 Å². The first-order chi connectivity index (χ1) is 12.6. The molecule has 26 heavy (non-hydrogen) atoms. The predicted molar refractivity (Wildman–Crippen MR) is 122 cm³/mol. The van der Waals surface area contributed by atoms with Gasteiger partial charge in [-0.05, 0) is 0 Å². The van der Waals surface area contributed by atoms with Crippen molar-refractivity contribution in [1.82, 2.24) is 0 Å². The molecule has 0 N–H and O–H groups in total. The molecule has 1 unspecified atom stereocenters. The maximum atomic E-state index is 14.5. The minimum absolute atomic E-state index is 0.688. The Balaban J connectivity index is 4.44. The molecule has 0 spiro atoms. The van der Waals surface area contributed by atoms with E-state index >= 15 is 0 Å². The first kappa shape index (κ1) is 26.5. The van der Waals surface area contributed by atoms with Gasteiger partial charge in [0.25, 0.3) is 0 Å². The van der Waals surface area contributed by atoms with E-state index in [0.717, 1.165) is 12.8 Å². The van der Waals surface area contributed by atoms with E-state index in [1.54, 1.807) is 0 Å². The monoisotopic (exact) mass is 476 g/mol. The molecule has 0 heterocycles. The van der Waals surface area contributed by atoms with Gasteiger partial charge in [0.15, 0.2) is 0 Å². The summed E-state index contributed by atoms with van der Waals surface area (Å²) in [5.41, 5.74) is 0. The number of rotatable bonds is 19. The average molecular weight is 475 g/mol. The topological polar surface area (TPSA) is 0 Å². The SMILES string of the molecule is CCCCCCCCCC(F)/C=[CH]/[Sn]([CH2]CCC)([CH2]CCC)[CH2]CCC. The number of alkyl halides is 1.